The molecular formula is C15H26N4. The fourth-order valence-corrected chi connectivity index (χ4v) is 2.34. The molecule has 0 amide bonds. The molecule has 4 heteroatoms. The van der Waals surface area contributed by atoms with Gasteiger partial charge in [-0.05, 0) is 39.5 Å². The van der Waals surface area contributed by atoms with Crippen LogP contribution >= 0.6 is 0 Å². The Morgan fingerprint density at radius 1 is 1.32 bits per heavy atom. The highest BCUT2D eigenvalue weighted by Gasteiger charge is 2.18. The van der Waals surface area contributed by atoms with E-state index in [9.17, 15) is 0 Å². The molecule has 1 fully saturated rings. The van der Waals surface area contributed by atoms with E-state index in [2.05, 4.69) is 47.9 Å². The fraction of sp³-hybridized carbons (Fsp3) is 0.733. The number of hydrogen-bond donors (Lipinski definition) is 1. The maximum Gasteiger partial charge on any atom is 0.225 e. The molecule has 0 saturated carbocycles. The van der Waals surface area contributed by atoms with Crippen LogP contribution in [0.3, 0.4) is 0 Å². The quantitative estimate of drug-likeness (QED) is 0.909. The predicted octanol–water partition coefficient (Wildman–Crippen LogP) is 2.60. The molecule has 1 N–H and O–H groups in total. The second kappa shape index (κ2) is 5.87. The topological polar surface area (TPSA) is 41.1 Å². The number of aromatic nitrogens is 2. The van der Waals surface area contributed by atoms with E-state index in [-0.39, 0.29) is 5.54 Å². The van der Waals surface area contributed by atoms with Crippen molar-refractivity contribution in [3.8, 4) is 0 Å². The molecule has 2 rings (SSSR count). The number of hydrogen-bond acceptors (Lipinski definition) is 4. The van der Waals surface area contributed by atoms with Crippen LogP contribution in [0.15, 0.2) is 12.4 Å². The molecule has 0 bridgehead atoms. The van der Waals surface area contributed by atoms with E-state index in [0.717, 1.165) is 37.1 Å². The highest BCUT2D eigenvalue weighted by Crippen LogP contribution is 2.19. The Bertz CT molecular complexity index is 394. The number of nitrogens with one attached hydrogen (secondary N) is 1. The van der Waals surface area contributed by atoms with E-state index in [4.69, 9.17) is 0 Å². The summed E-state index contributed by atoms with van der Waals surface area (Å²) in [5, 5.41) is 3.45. The highest BCUT2D eigenvalue weighted by atomic mass is 15.2. The van der Waals surface area contributed by atoms with Gasteiger partial charge in [0.05, 0.1) is 0 Å². The van der Waals surface area contributed by atoms with Gasteiger partial charge in [0.1, 0.15) is 0 Å². The van der Waals surface area contributed by atoms with Gasteiger partial charge in [0, 0.05) is 43.1 Å². The average Bonchev–Trinajstić information content (AvgIpc) is 2.36. The molecule has 0 aliphatic carbocycles. The first-order valence-electron chi connectivity index (χ1n) is 7.25. The molecule has 1 unspecified atom stereocenters. The fourth-order valence-electron chi connectivity index (χ4n) is 2.34. The summed E-state index contributed by atoms with van der Waals surface area (Å²) in [5.41, 5.74) is 1.27. The number of nitrogens with zero attached hydrogens (tertiary/aromatic N) is 3. The maximum absolute atomic E-state index is 4.51. The van der Waals surface area contributed by atoms with E-state index in [1.165, 1.54) is 12.8 Å². The van der Waals surface area contributed by atoms with Crippen molar-refractivity contribution >= 4 is 5.95 Å². The Kier molecular flexibility index (Phi) is 4.40. The lowest BCUT2D eigenvalue weighted by Gasteiger charge is -2.30. The number of rotatable bonds is 3. The Hall–Kier alpha value is -1.16. The van der Waals surface area contributed by atoms with Crippen molar-refractivity contribution in [2.24, 2.45) is 5.92 Å². The Morgan fingerprint density at radius 3 is 2.58 bits per heavy atom. The lowest BCUT2D eigenvalue weighted by atomic mass is 10.0. The zero-order chi connectivity index (χ0) is 13.9. The van der Waals surface area contributed by atoms with Gasteiger partial charge in [-0.1, -0.05) is 6.92 Å². The van der Waals surface area contributed by atoms with Gasteiger partial charge in [-0.25, -0.2) is 9.97 Å². The van der Waals surface area contributed by atoms with Crippen LogP contribution in [0.1, 0.15) is 46.1 Å². The van der Waals surface area contributed by atoms with Gasteiger partial charge in [0.2, 0.25) is 5.95 Å². The van der Waals surface area contributed by atoms with Crippen molar-refractivity contribution in [1.29, 1.82) is 0 Å². The van der Waals surface area contributed by atoms with Crippen molar-refractivity contribution < 1.29 is 0 Å². The summed E-state index contributed by atoms with van der Waals surface area (Å²) in [6.07, 6.45) is 6.46. The van der Waals surface area contributed by atoms with Crippen LogP contribution in [-0.4, -0.2) is 28.6 Å². The first-order valence-corrected chi connectivity index (χ1v) is 7.25. The second-order valence-electron chi connectivity index (χ2n) is 6.69. The third kappa shape index (κ3) is 4.46. The summed E-state index contributed by atoms with van der Waals surface area (Å²) in [4.78, 5) is 11.3. The average molecular weight is 262 g/mol. The van der Waals surface area contributed by atoms with Crippen LogP contribution in [0.2, 0.25) is 0 Å². The van der Waals surface area contributed by atoms with E-state index in [1.54, 1.807) is 0 Å². The predicted molar refractivity (Wildman–Crippen MR) is 79.2 cm³/mol. The van der Waals surface area contributed by atoms with Crippen molar-refractivity contribution in [3.63, 3.8) is 0 Å². The molecule has 1 aromatic rings. The lowest BCUT2D eigenvalue weighted by molar-refractivity contribution is 0.423. The van der Waals surface area contributed by atoms with Crippen molar-refractivity contribution in [2.45, 2.75) is 52.6 Å². The van der Waals surface area contributed by atoms with Crippen LogP contribution in [0, 0.1) is 5.92 Å². The summed E-state index contributed by atoms with van der Waals surface area (Å²) >= 11 is 0. The molecule has 0 radical (unpaired) electrons. The van der Waals surface area contributed by atoms with Crippen LogP contribution in [-0.2, 0) is 6.54 Å². The van der Waals surface area contributed by atoms with Gasteiger partial charge in [-0.2, -0.15) is 0 Å². The molecule has 4 nitrogen and oxygen atoms in total. The molecule has 106 valence electrons. The Labute approximate surface area is 116 Å². The standard InChI is InChI=1S/C15H26N4/c1-12-6-5-7-19(11-12)14-16-8-13(9-17-14)10-18-15(2,3)4/h8-9,12,18H,5-7,10-11H2,1-4H3. The van der Waals surface area contributed by atoms with E-state index >= 15 is 0 Å². The smallest absolute Gasteiger partial charge is 0.225 e. The molecule has 1 aliphatic heterocycles. The number of anilines is 1. The third-order valence-corrected chi connectivity index (χ3v) is 3.45. The first-order chi connectivity index (χ1) is 8.94. The van der Waals surface area contributed by atoms with Gasteiger partial charge in [0.15, 0.2) is 0 Å². The summed E-state index contributed by atoms with van der Waals surface area (Å²) < 4.78 is 0. The summed E-state index contributed by atoms with van der Waals surface area (Å²) in [6.45, 7) is 11.8. The van der Waals surface area contributed by atoms with Gasteiger partial charge >= 0.3 is 0 Å². The van der Waals surface area contributed by atoms with Crippen molar-refractivity contribution in [3.05, 3.63) is 18.0 Å². The molecule has 0 aromatic carbocycles. The first kappa shape index (κ1) is 14.3. The molecule has 1 aliphatic rings. The zero-order valence-corrected chi connectivity index (χ0v) is 12.6. The monoisotopic (exact) mass is 262 g/mol. The zero-order valence-electron chi connectivity index (χ0n) is 12.6. The van der Waals surface area contributed by atoms with Gasteiger partial charge < -0.3 is 10.2 Å². The van der Waals surface area contributed by atoms with Crippen molar-refractivity contribution in [1.82, 2.24) is 15.3 Å². The lowest BCUT2D eigenvalue weighted by Crippen LogP contribution is -2.36. The van der Waals surface area contributed by atoms with E-state index < -0.39 is 0 Å². The largest absolute Gasteiger partial charge is 0.341 e. The minimum absolute atomic E-state index is 0.126. The highest BCUT2D eigenvalue weighted by molar-refractivity contribution is 5.30. The van der Waals surface area contributed by atoms with Crippen molar-refractivity contribution in [2.75, 3.05) is 18.0 Å². The molecule has 1 aromatic heterocycles. The summed E-state index contributed by atoms with van der Waals surface area (Å²) in [5.74, 6) is 1.63. The normalized spacial score (nSPS) is 20.6. The van der Waals surface area contributed by atoms with Crippen LogP contribution < -0.4 is 10.2 Å². The SMILES string of the molecule is CC1CCCN(c2ncc(CNC(C)(C)C)cn2)C1. The summed E-state index contributed by atoms with van der Waals surface area (Å²) in [6, 6.07) is 0. The van der Waals surface area contributed by atoms with Gasteiger partial charge in [-0.15, -0.1) is 0 Å². The van der Waals surface area contributed by atoms with Gasteiger partial charge in [-0.3, -0.25) is 0 Å². The van der Waals surface area contributed by atoms with E-state index in [0.29, 0.717) is 0 Å². The van der Waals surface area contributed by atoms with Crippen LogP contribution in [0.5, 0.6) is 0 Å². The Balaban J connectivity index is 1.94. The molecule has 2 heterocycles. The minimum Gasteiger partial charge on any atom is -0.341 e. The molecular weight excluding hydrogens is 236 g/mol. The van der Waals surface area contributed by atoms with Gasteiger partial charge in [0.25, 0.3) is 0 Å². The Morgan fingerprint density at radius 2 is 2.00 bits per heavy atom. The summed E-state index contributed by atoms with van der Waals surface area (Å²) in [7, 11) is 0. The molecule has 1 atom stereocenters. The van der Waals surface area contributed by atoms with Crippen LogP contribution in [0.4, 0.5) is 5.95 Å². The second-order valence-corrected chi connectivity index (χ2v) is 6.69. The van der Waals surface area contributed by atoms with Crippen LogP contribution in [0.25, 0.3) is 0 Å². The minimum atomic E-state index is 0.126. The molecule has 1 saturated heterocycles. The number of piperidine rings is 1. The van der Waals surface area contributed by atoms with E-state index in [1.807, 2.05) is 12.4 Å². The molecule has 19 heavy (non-hydrogen) atoms. The maximum atomic E-state index is 4.51. The third-order valence-electron chi connectivity index (χ3n) is 3.45. The molecule has 0 spiro atoms.